The van der Waals surface area contributed by atoms with Gasteiger partial charge in [-0.25, -0.2) is 20.8 Å². The zero-order chi connectivity index (χ0) is 10.3. The summed E-state index contributed by atoms with van der Waals surface area (Å²) in [4.78, 5) is 13.3. The Hall–Kier alpha value is -1.75. The van der Waals surface area contributed by atoms with Crippen LogP contribution in [0.3, 0.4) is 0 Å². The number of carbonyl (C=O) groups excluding carboxylic acids is 1. The molecule has 2 N–H and O–H groups in total. The minimum absolute atomic E-state index is 0.159. The monoisotopic (exact) mass is 192 g/mol. The number of allylic oxidation sites excluding steroid dienone is 3. The van der Waals surface area contributed by atoms with Gasteiger partial charge in [-0.05, 0) is 18.6 Å². The molecule has 2 rings (SSSR count). The van der Waals surface area contributed by atoms with Crippen molar-refractivity contribution < 1.29 is 4.79 Å². The van der Waals surface area contributed by atoms with E-state index in [0.29, 0.717) is 0 Å². The van der Waals surface area contributed by atoms with Crippen LogP contribution in [0.15, 0.2) is 35.8 Å². The van der Waals surface area contributed by atoms with Gasteiger partial charge in [-0.15, -0.1) is 0 Å². The van der Waals surface area contributed by atoms with Crippen LogP contribution in [0.2, 0.25) is 0 Å². The van der Waals surface area contributed by atoms with Gasteiger partial charge in [0.1, 0.15) is 0 Å². The van der Waals surface area contributed by atoms with Crippen molar-refractivity contribution in [2.24, 2.45) is 5.84 Å². The third-order valence-corrected chi connectivity index (χ3v) is 2.22. The molecule has 0 aliphatic carbocycles. The largest absolute Gasteiger partial charge is 0.348 e. The first-order valence-electron chi connectivity index (χ1n) is 4.28. The predicted octanol–water partition coefficient (Wildman–Crippen LogP) is 0.760. The number of carbonyl (C=O) groups is 1. The van der Waals surface area contributed by atoms with Gasteiger partial charge in [0.05, 0.1) is 11.9 Å². The van der Waals surface area contributed by atoms with Crippen LogP contribution in [0.4, 0.5) is 4.79 Å². The van der Waals surface area contributed by atoms with Crippen molar-refractivity contribution >= 4 is 6.03 Å². The topological polar surface area (TPSA) is 52.8 Å². The highest BCUT2D eigenvalue weighted by atomic mass is 16.2. The first-order chi connectivity index (χ1) is 6.59. The van der Waals surface area contributed by atoms with Crippen molar-refractivity contribution in [2.75, 3.05) is 7.05 Å². The summed E-state index contributed by atoms with van der Waals surface area (Å²) >= 11 is 0. The SMILES string of the molecule is CC1=CN2C(=O)N(C)N(N)C=C2C=C1. The van der Waals surface area contributed by atoms with E-state index in [1.807, 2.05) is 19.1 Å². The molecule has 0 unspecified atom stereocenters. The number of hydrogen-bond donors (Lipinski definition) is 1. The first-order valence-corrected chi connectivity index (χ1v) is 4.28. The van der Waals surface area contributed by atoms with Gasteiger partial charge in [0, 0.05) is 13.2 Å². The molecule has 2 amide bonds. The molecule has 2 aliphatic rings. The number of urea groups is 1. The number of fused-ring (bicyclic) bond motifs is 1. The van der Waals surface area contributed by atoms with E-state index in [1.54, 1.807) is 24.3 Å². The van der Waals surface area contributed by atoms with E-state index in [-0.39, 0.29) is 6.03 Å². The highest BCUT2D eigenvalue weighted by Gasteiger charge is 2.27. The Kier molecular flexibility index (Phi) is 1.82. The predicted molar refractivity (Wildman–Crippen MR) is 52.0 cm³/mol. The quantitative estimate of drug-likeness (QED) is 0.576. The van der Waals surface area contributed by atoms with Crippen LogP contribution < -0.4 is 5.84 Å². The lowest BCUT2D eigenvalue weighted by Crippen LogP contribution is -2.53. The van der Waals surface area contributed by atoms with Crippen LogP contribution in [0, 0.1) is 0 Å². The Morgan fingerprint density at radius 2 is 2.00 bits per heavy atom. The van der Waals surface area contributed by atoms with E-state index in [0.717, 1.165) is 11.3 Å². The molecule has 0 bridgehead atoms. The molecule has 5 nitrogen and oxygen atoms in total. The van der Waals surface area contributed by atoms with E-state index < -0.39 is 0 Å². The minimum Gasteiger partial charge on any atom is -0.266 e. The van der Waals surface area contributed by atoms with Crippen LogP contribution in [0.5, 0.6) is 0 Å². The molecule has 0 fully saturated rings. The fourth-order valence-corrected chi connectivity index (χ4v) is 1.37. The molecule has 2 heterocycles. The van der Waals surface area contributed by atoms with Crippen molar-refractivity contribution in [1.29, 1.82) is 0 Å². The van der Waals surface area contributed by atoms with E-state index in [9.17, 15) is 4.79 Å². The second kappa shape index (κ2) is 2.88. The molecule has 14 heavy (non-hydrogen) atoms. The number of hydrogen-bond acceptors (Lipinski definition) is 3. The van der Waals surface area contributed by atoms with E-state index in [2.05, 4.69) is 0 Å². The molecule has 0 aromatic rings. The Balaban J connectivity index is 2.42. The average Bonchev–Trinajstić information content (AvgIpc) is 2.16. The van der Waals surface area contributed by atoms with Crippen molar-refractivity contribution in [3.63, 3.8) is 0 Å². The Bertz CT molecular complexity index is 369. The van der Waals surface area contributed by atoms with Gasteiger partial charge in [0.2, 0.25) is 0 Å². The molecule has 0 atom stereocenters. The van der Waals surface area contributed by atoms with Gasteiger partial charge < -0.3 is 0 Å². The Morgan fingerprint density at radius 1 is 1.29 bits per heavy atom. The van der Waals surface area contributed by atoms with Gasteiger partial charge in [-0.1, -0.05) is 6.08 Å². The maximum Gasteiger partial charge on any atom is 0.348 e. The summed E-state index contributed by atoms with van der Waals surface area (Å²) in [5, 5.41) is 2.61. The van der Waals surface area contributed by atoms with Crippen LogP contribution in [-0.2, 0) is 0 Å². The molecule has 0 aromatic carbocycles. The molecular formula is C9H12N4O. The van der Waals surface area contributed by atoms with Crippen LogP contribution in [-0.4, -0.2) is 28.1 Å². The molecule has 74 valence electrons. The standard InChI is InChI=1S/C9H12N4O/c1-7-3-4-8-6-13(10)11(2)9(14)12(8)5-7/h3-6H,10H2,1-2H3. The zero-order valence-electron chi connectivity index (χ0n) is 8.14. The molecule has 2 aliphatic heterocycles. The van der Waals surface area contributed by atoms with Gasteiger partial charge in [-0.3, -0.25) is 4.90 Å². The third kappa shape index (κ3) is 1.18. The molecular weight excluding hydrogens is 180 g/mol. The third-order valence-electron chi connectivity index (χ3n) is 2.22. The lowest BCUT2D eigenvalue weighted by Gasteiger charge is -2.37. The lowest BCUT2D eigenvalue weighted by atomic mass is 10.2. The molecule has 0 saturated heterocycles. The summed E-state index contributed by atoms with van der Waals surface area (Å²) in [7, 11) is 1.62. The normalized spacial score (nSPS) is 20.8. The van der Waals surface area contributed by atoms with Crippen LogP contribution >= 0.6 is 0 Å². The van der Waals surface area contributed by atoms with Crippen LogP contribution in [0.1, 0.15) is 6.92 Å². The van der Waals surface area contributed by atoms with Gasteiger partial charge in [0.15, 0.2) is 0 Å². The number of nitrogens with zero attached hydrogens (tertiary/aromatic N) is 3. The first kappa shape index (κ1) is 8.83. The minimum atomic E-state index is -0.159. The van der Waals surface area contributed by atoms with E-state index in [4.69, 9.17) is 5.84 Å². The summed E-state index contributed by atoms with van der Waals surface area (Å²) in [6, 6.07) is -0.159. The molecule has 0 radical (unpaired) electrons. The fourth-order valence-electron chi connectivity index (χ4n) is 1.37. The second-order valence-electron chi connectivity index (χ2n) is 3.32. The van der Waals surface area contributed by atoms with Gasteiger partial charge in [0.25, 0.3) is 0 Å². The summed E-state index contributed by atoms with van der Waals surface area (Å²) in [6.45, 7) is 1.94. The van der Waals surface area contributed by atoms with Crippen molar-refractivity contribution in [3.8, 4) is 0 Å². The van der Waals surface area contributed by atoms with E-state index in [1.165, 1.54) is 10.1 Å². The molecule has 0 spiro atoms. The van der Waals surface area contributed by atoms with Crippen molar-refractivity contribution in [3.05, 3.63) is 35.8 Å². The molecule has 0 saturated carbocycles. The average molecular weight is 192 g/mol. The Morgan fingerprint density at radius 3 is 2.71 bits per heavy atom. The highest BCUT2D eigenvalue weighted by molar-refractivity contribution is 5.79. The number of rotatable bonds is 0. The maximum atomic E-state index is 11.7. The number of nitrogens with two attached hydrogens (primary N) is 1. The zero-order valence-corrected chi connectivity index (χ0v) is 8.14. The highest BCUT2D eigenvalue weighted by Crippen LogP contribution is 2.22. The summed E-state index contributed by atoms with van der Waals surface area (Å²) in [5.74, 6) is 5.59. The van der Waals surface area contributed by atoms with Crippen molar-refractivity contribution in [2.45, 2.75) is 6.92 Å². The summed E-state index contributed by atoms with van der Waals surface area (Å²) in [6.07, 6.45) is 7.29. The van der Waals surface area contributed by atoms with Gasteiger partial charge in [-0.2, -0.15) is 0 Å². The summed E-state index contributed by atoms with van der Waals surface area (Å²) < 4.78 is 0. The fraction of sp³-hybridized carbons (Fsp3) is 0.222. The lowest BCUT2D eigenvalue weighted by molar-refractivity contribution is 0.0566. The van der Waals surface area contributed by atoms with Gasteiger partial charge >= 0.3 is 6.03 Å². The number of amides is 2. The Labute approximate surface area is 82.3 Å². The molecule has 0 aromatic heterocycles. The van der Waals surface area contributed by atoms with Crippen molar-refractivity contribution in [1.82, 2.24) is 15.0 Å². The maximum absolute atomic E-state index is 11.7. The molecule has 5 heteroatoms. The summed E-state index contributed by atoms with van der Waals surface area (Å²) in [5.41, 5.74) is 1.82. The van der Waals surface area contributed by atoms with Crippen LogP contribution in [0.25, 0.3) is 0 Å². The number of hydrazine groups is 2. The second-order valence-corrected chi connectivity index (χ2v) is 3.32. The smallest absolute Gasteiger partial charge is 0.266 e. The van der Waals surface area contributed by atoms with E-state index >= 15 is 0 Å².